The molecule has 174 valence electrons. The maximum Gasteiger partial charge on any atom is 0.174 e. The van der Waals surface area contributed by atoms with Crippen LogP contribution < -0.4 is 5.32 Å². The molecule has 2 aliphatic rings. The van der Waals surface area contributed by atoms with Crippen molar-refractivity contribution in [3.63, 3.8) is 0 Å². The topological polar surface area (TPSA) is 99.6 Å². The van der Waals surface area contributed by atoms with Crippen LogP contribution in [0.2, 0.25) is 0 Å². The van der Waals surface area contributed by atoms with E-state index >= 15 is 0 Å². The number of fused-ring (bicyclic) bond motifs is 2. The quantitative estimate of drug-likeness (QED) is 0.269. The van der Waals surface area contributed by atoms with Gasteiger partial charge in [0.25, 0.3) is 0 Å². The molecule has 3 aromatic heterocycles. The molecule has 2 unspecified atom stereocenters. The number of rotatable bonds is 7. The molecule has 0 saturated carbocycles. The first-order chi connectivity index (χ1) is 16.7. The van der Waals surface area contributed by atoms with Gasteiger partial charge >= 0.3 is 0 Å². The highest BCUT2D eigenvalue weighted by molar-refractivity contribution is 7.99. The van der Waals surface area contributed by atoms with E-state index in [1.54, 1.807) is 6.20 Å². The van der Waals surface area contributed by atoms with E-state index in [2.05, 4.69) is 32.4 Å². The zero-order valence-corrected chi connectivity index (χ0v) is 19.9. The van der Waals surface area contributed by atoms with Crippen molar-refractivity contribution in [1.82, 2.24) is 20.2 Å². The van der Waals surface area contributed by atoms with Crippen molar-refractivity contribution < 1.29 is 9.21 Å². The summed E-state index contributed by atoms with van der Waals surface area (Å²) in [6, 6.07) is 11.9. The van der Waals surface area contributed by atoms with E-state index in [1.807, 2.05) is 36.4 Å². The molecule has 0 spiro atoms. The first-order valence-electron chi connectivity index (χ1n) is 12.0. The molecule has 4 heterocycles. The molecule has 34 heavy (non-hydrogen) atoms. The molecular weight excluding hydrogens is 446 g/mol. The number of nitrogens with zero attached hydrogens (tertiary/aromatic N) is 2. The molecule has 1 aliphatic heterocycles. The predicted octanol–water partition coefficient (Wildman–Crippen LogP) is 6.40. The van der Waals surface area contributed by atoms with Crippen molar-refractivity contribution in [2.75, 3.05) is 5.32 Å². The van der Waals surface area contributed by atoms with Crippen LogP contribution in [0.4, 0.5) is 5.82 Å². The molecule has 0 fully saturated rings. The highest BCUT2D eigenvalue weighted by Gasteiger charge is 2.40. The third-order valence-corrected chi connectivity index (χ3v) is 7.61. The first-order valence-corrected chi connectivity index (χ1v) is 12.8. The Labute approximate surface area is 201 Å². The highest BCUT2D eigenvalue weighted by atomic mass is 32.2. The Hall–Kier alpha value is -3.26. The molecule has 3 N–H and O–H groups in total. The van der Waals surface area contributed by atoms with Gasteiger partial charge in [-0.1, -0.05) is 38.3 Å². The molecule has 8 heteroatoms. The minimum Gasteiger partial charge on any atom is -0.453 e. The van der Waals surface area contributed by atoms with Crippen LogP contribution in [0.1, 0.15) is 62.7 Å². The summed E-state index contributed by atoms with van der Waals surface area (Å²) >= 11 is 1.45. The summed E-state index contributed by atoms with van der Waals surface area (Å²) in [5.74, 6) is 1.97. The van der Waals surface area contributed by atoms with Crippen molar-refractivity contribution in [3.8, 4) is 0 Å². The number of carbonyl (C=O) groups excluding carboxylic acids is 1. The van der Waals surface area contributed by atoms with E-state index in [4.69, 9.17) is 4.42 Å². The number of nitrogens with one attached hydrogen (secondary N) is 3. The second-order valence-corrected chi connectivity index (χ2v) is 10.2. The smallest absolute Gasteiger partial charge is 0.174 e. The summed E-state index contributed by atoms with van der Waals surface area (Å²) < 4.78 is 6.30. The number of para-hydroxylation sites is 2. The molecule has 0 amide bonds. The van der Waals surface area contributed by atoms with Gasteiger partial charge in [-0.25, -0.2) is 4.98 Å². The van der Waals surface area contributed by atoms with Crippen LogP contribution in [0.3, 0.4) is 0 Å². The molecule has 2 atom stereocenters. The minimum absolute atomic E-state index is 0.218. The normalized spacial score (nSPS) is 19.9. The van der Waals surface area contributed by atoms with Gasteiger partial charge in [-0.2, -0.15) is 5.10 Å². The number of imidazole rings is 1. The SMILES string of the molecule is CCCCCC1CC(=O)C2=C(C1)Nc1[nH]ncc1C2c1ccc(Sc2nc3ccccc3[nH]2)o1. The molecule has 1 aromatic carbocycles. The Morgan fingerprint density at radius 2 is 2.06 bits per heavy atom. The van der Waals surface area contributed by atoms with Crippen molar-refractivity contribution in [2.45, 2.75) is 61.6 Å². The largest absolute Gasteiger partial charge is 0.453 e. The monoisotopic (exact) mass is 473 g/mol. The lowest BCUT2D eigenvalue weighted by Crippen LogP contribution is -2.30. The lowest BCUT2D eigenvalue weighted by atomic mass is 9.75. The molecular formula is C26H27N5O2S. The fourth-order valence-electron chi connectivity index (χ4n) is 5.19. The van der Waals surface area contributed by atoms with Crippen LogP contribution in [0, 0.1) is 5.92 Å². The average molecular weight is 474 g/mol. The van der Waals surface area contributed by atoms with Crippen molar-refractivity contribution >= 4 is 34.4 Å². The van der Waals surface area contributed by atoms with Gasteiger partial charge in [-0.3, -0.25) is 9.89 Å². The molecule has 4 aromatic rings. The van der Waals surface area contributed by atoms with Gasteiger partial charge in [0, 0.05) is 23.3 Å². The van der Waals surface area contributed by atoms with Crippen LogP contribution in [0.25, 0.3) is 11.0 Å². The molecule has 0 saturated heterocycles. The zero-order chi connectivity index (χ0) is 23.1. The van der Waals surface area contributed by atoms with E-state index in [0.717, 1.165) is 62.5 Å². The van der Waals surface area contributed by atoms with E-state index in [-0.39, 0.29) is 11.7 Å². The number of furan rings is 1. The number of Topliss-reactive ketones (excluding diaryl/α,β-unsaturated/α-hetero) is 1. The Kier molecular flexibility index (Phi) is 5.53. The summed E-state index contributed by atoms with van der Waals surface area (Å²) in [6.45, 7) is 2.21. The Morgan fingerprint density at radius 3 is 2.94 bits per heavy atom. The van der Waals surface area contributed by atoms with Crippen molar-refractivity contribution in [2.24, 2.45) is 5.92 Å². The fraction of sp³-hybridized carbons (Fsp3) is 0.346. The van der Waals surface area contributed by atoms with Gasteiger partial charge in [0.15, 0.2) is 16.0 Å². The summed E-state index contributed by atoms with van der Waals surface area (Å²) in [4.78, 5) is 21.4. The summed E-state index contributed by atoms with van der Waals surface area (Å²) in [7, 11) is 0. The predicted molar refractivity (Wildman–Crippen MR) is 132 cm³/mol. The lowest BCUT2D eigenvalue weighted by Gasteiger charge is -2.33. The first kappa shape index (κ1) is 21.3. The maximum absolute atomic E-state index is 13.4. The number of H-pyrrole nitrogens is 2. The second kappa shape index (κ2) is 8.83. The van der Waals surface area contributed by atoms with Crippen molar-refractivity contribution in [3.05, 3.63) is 65.2 Å². The highest BCUT2D eigenvalue weighted by Crippen LogP contribution is 2.47. The number of hydrogen-bond acceptors (Lipinski definition) is 6. The zero-order valence-electron chi connectivity index (χ0n) is 19.1. The number of allylic oxidation sites excluding steroid dienone is 2. The van der Waals surface area contributed by atoms with Gasteiger partial charge in [0.2, 0.25) is 0 Å². The Morgan fingerprint density at radius 1 is 1.15 bits per heavy atom. The van der Waals surface area contributed by atoms with Gasteiger partial charge in [0.1, 0.15) is 11.6 Å². The van der Waals surface area contributed by atoms with Crippen LogP contribution >= 0.6 is 11.8 Å². The average Bonchev–Trinajstić information content (AvgIpc) is 3.57. The number of aromatic amines is 2. The second-order valence-electron chi connectivity index (χ2n) is 9.16. The van der Waals surface area contributed by atoms with Crippen LogP contribution in [-0.4, -0.2) is 25.9 Å². The van der Waals surface area contributed by atoms with Crippen LogP contribution in [0.15, 0.2) is 68.5 Å². The van der Waals surface area contributed by atoms with E-state index < -0.39 is 0 Å². The van der Waals surface area contributed by atoms with Gasteiger partial charge in [0.05, 0.1) is 23.1 Å². The maximum atomic E-state index is 13.4. The Balaban J connectivity index is 1.29. The number of aromatic nitrogens is 4. The van der Waals surface area contributed by atoms with E-state index in [0.29, 0.717) is 12.3 Å². The van der Waals surface area contributed by atoms with Crippen LogP contribution in [0.5, 0.6) is 0 Å². The summed E-state index contributed by atoms with van der Waals surface area (Å²) in [5, 5.41) is 12.3. The number of hydrogen-bond donors (Lipinski definition) is 3. The van der Waals surface area contributed by atoms with Crippen LogP contribution in [-0.2, 0) is 4.79 Å². The van der Waals surface area contributed by atoms with Crippen molar-refractivity contribution in [1.29, 1.82) is 0 Å². The molecule has 0 bridgehead atoms. The standard InChI is InChI=1S/C26H27N5O2S/c1-2-3-4-7-15-12-19-24(20(32)13-15)23(16-14-27-31-25(16)28-19)21-10-11-22(33-21)34-26-29-17-8-5-6-9-18(17)30-26/h5-6,8-11,14-15,23H,2-4,7,12-13H2,1H3,(H,29,30)(H2,27,28,31). The van der Waals surface area contributed by atoms with Gasteiger partial charge in [-0.15, -0.1) is 0 Å². The molecule has 1 aliphatic carbocycles. The third kappa shape index (κ3) is 3.86. The summed E-state index contributed by atoms with van der Waals surface area (Å²) in [6.07, 6.45) is 7.98. The third-order valence-electron chi connectivity index (χ3n) is 6.80. The molecule has 0 radical (unpaired) electrons. The number of unbranched alkanes of at least 4 members (excludes halogenated alkanes) is 2. The Bertz CT molecular complexity index is 1350. The summed E-state index contributed by atoms with van der Waals surface area (Å²) in [5.41, 5.74) is 4.72. The van der Waals surface area contributed by atoms with E-state index in [1.165, 1.54) is 31.0 Å². The number of anilines is 1. The fourth-order valence-corrected chi connectivity index (χ4v) is 5.96. The van der Waals surface area contributed by atoms with E-state index in [9.17, 15) is 4.79 Å². The number of carbonyl (C=O) groups is 1. The van der Waals surface area contributed by atoms with Gasteiger partial charge in [-0.05, 0) is 54.8 Å². The number of ketones is 1. The lowest BCUT2D eigenvalue weighted by molar-refractivity contribution is -0.117. The molecule has 7 nitrogen and oxygen atoms in total. The van der Waals surface area contributed by atoms with Gasteiger partial charge < -0.3 is 14.7 Å². The number of benzene rings is 1. The minimum atomic E-state index is -0.251. The molecule has 6 rings (SSSR count).